The van der Waals surface area contributed by atoms with Crippen molar-refractivity contribution in [3.8, 4) is 11.5 Å². The van der Waals surface area contributed by atoms with Crippen LogP contribution in [0.3, 0.4) is 0 Å². The molecule has 2 saturated heterocycles. The summed E-state index contributed by atoms with van der Waals surface area (Å²) in [7, 11) is 0. The molecule has 0 spiro atoms. The average Bonchev–Trinajstić information content (AvgIpc) is 3.56. The van der Waals surface area contributed by atoms with Gasteiger partial charge in [-0.15, -0.1) is 11.3 Å². The van der Waals surface area contributed by atoms with Crippen molar-refractivity contribution >= 4 is 28.8 Å². The average molecular weight is 442 g/mol. The summed E-state index contributed by atoms with van der Waals surface area (Å²) >= 11 is 1.73. The van der Waals surface area contributed by atoms with Crippen molar-refractivity contribution in [3.63, 3.8) is 0 Å². The van der Waals surface area contributed by atoms with Crippen LogP contribution in [-0.2, 0) is 9.59 Å². The van der Waals surface area contributed by atoms with E-state index in [1.54, 1.807) is 16.2 Å². The van der Waals surface area contributed by atoms with Gasteiger partial charge in [-0.25, -0.2) is 0 Å². The first-order chi connectivity index (χ1) is 15.2. The number of hydrogen-bond donors (Lipinski definition) is 1. The van der Waals surface area contributed by atoms with E-state index in [1.807, 2.05) is 18.2 Å². The number of hydrogen-bond acceptors (Lipinski definition) is 6. The van der Waals surface area contributed by atoms with Crippen LogP contribution in [0, 0.1) is 5.92 Å². The number of anilines is 1. The van der Waals surface area contributed by atoms with Crippen LogP contribution in [0.1, 0.15) is 30.2 Å². The summed E-state index contributed by atoms with van der Waals surface area (Å²) in [4.78, 5) is 31.0. The monoisotopic (exact) mass is 441 g/mol. The number of carbonyl (C=O) groups excluding carboxylic acids is 2. The Hall–Kier alpha value is -2.58. The molecule has 1 aromatic carbocycles. The SMILES string of the molecule is O=C(NC[C@H](c1cccs1)N1CCCC1)[C@H]1CC(=O)N(c2ccc3c(c2)OCCO3)C1. The molecule has 1 N–H and O–H groups in total. The lowest BCUT2D eigenvalue weighted by atomic mass is 10.1. The maximum absolute atomic E-state index is 12.9. The topological polar surface area (TPSA) is 71.1 Å². The van der Waals surface area contributed by atoms with Crippen molar-refractivity contribution in [2.75, 3.05) is 44.3 Å². The summed E-state index contributed by atoms with van der Waals surface area (Å²) in [5, 5.41) is 5.22. The van der Waals surface area contributed by atoms with E-state index in [2.05, 4.69) is 27.7 Å². The molecule has 5 rings (SSSR count). The van der Waals surface area contributed by atoms with E-state index >= 15 is 0 Å². The zero-order chi connectivity index (χ0) is 21.2. The molecule has 0 saturated carbocycles. The molecule has 2 fully saturated rings. The Bertz CT molecular complexity index is 942. The predicted octanol–water partition coefficient (Wildman–Crippen LogP) is 2.83. The molecule has 3 aliphatic rings. The number of rotatable bonds is 6. The molecule has 8 heteroatoms. The molecule has 0 bridgehead atoms. The second-order valence-electron chi connectivity index (χ2n) is 8.25. The summed E-state index contributed by atoms with van der Waals surface area (Å²) in [5.41, 5.74) is 0.748. The molecule has 164 valence electrons. The first-order valence-corrected chi connectivity index (χ1v) is 11.8. The standard InChI is InChI=1S/C23H27N3O4S/c27-22-12-16(15-26(22)17-5-6-19-20(13-17)30-10-9-29-19)23(28)24-14-18(21-4-3-11-31-21)25-7-1-2-8-25/h3-6,11,13,16,18H,1-2,7-10,12,14-15H2,(H,24,28)/t16-,18+/m0/s1. The highest BCUT2D eigenvalue weighted by Gasteiger charge is 2.36. The molecule has 0 unspecified atom stereocenters. The first-order valence-electron chi connectivity index (χ1n) is 10.9. The van der Waals surface area contributed by atoms with Gasteiger partial charge in [-0.1, -0.05) is 6.07 Å². The third-order valence-corrected chi connectivity index (χ3v) is 7.23. The maximum atomic E-state index is 12.9. The molecule has 2 aromatic rings. The van der Waals surface area contributed by atoms with Gasteiger partial charge in [0.05, 0.1) is 12.0 Å². The van der Waals surface area contributed by atoms with E-state index in [1.165, 1.54) is 17.7 Å². The number of likely N-dealkylation sites (tertiary alicyclic amines) is 1. The van der Waals surface area contributed by atoms with Crippen LogP contribution in [0.15, 0.2) is 35.7 Å². The van der Waals surface area contributed by atoms with Crippen molar-refractivity contribution in [1.29, 1.82) is 0 Å². The van der Waals surface area contributed by atoms with Crippen LogP contribution >= 0.6 is 11.3 Å². The normalized spacial score (nSPS) is 22.0. The van der Waals surface area contributed by atoms with Gasteiger partial charge in [0.15, 0.2) is 11.5 Å². The Morgan fingerprint density at radius 3 is 2.74 bits per heavy atom. The number of amides is 2. The van der Waals surface area contributed by atoms with Gasteiger partial charge < -0.3 is 19.7 Å². The summed E-state index contributed by atoms with van der Waals surface area (Å²) < 4.78 is 11.2. The van der Waals surface area contributed by atoms with Crippen LogP contribution in [0.25, 0.3) is 0 Å². The summed E-state index contributed by atoms with van der Waals surface area (Å²) in [6, 6.07) is 9.91. The number of ether oxygens (including phenoxy) is 2. The molecule has 3 aliphatic heterocycles. The predicted molar refractivity (Wildman–Crippen MR) is 119 cm³/mol. The second-order valence-corrected chi connectivity index (χ2v) is 9.23. The van der Waals surface area contributed by atoms with Crippen LogP contribution in [0.5, 0.6) is 11.5 Å². The van der Waals surface area contributed by atoms with Crippen LogP contribution in [0.2, 0.25) is 0 Å². The minimum atomic E-state index is -0.344. The van der Waals surface area contributed by atoms with E-state index in [9.17, 15) is 9.59 Å². The zero-order valence-corrected chi connectivity index (χ0v) is 18.2. The third-order valence-electron chi connectivity index (χ3n) is 6.26. The third kappa shape index (κ3) is 4.27. The smallest absolute Gasteiger partial charge is 0.227 e. The summed E-state index contributed by atoms with van der Waals surface area (Å²) in [6.07, 6.45) is 2.64. The van der Waals surface area contributed by atoms with Crippen molar-refractivity contribution in [3.05, 3.63) is 40.6 Å². The molecular weight excluding hydrogens is 414 g/mol. The number of carbonyl (C=O) groups is 2. The lowest BCUT2D eigenvalue weighted by molar-refractivity contribution is -0.126. The quantitative estimate of drug-likeness (QED) is 0.747. The van der Waals surface area contributed by atoms with Crippen LogP contribution in [-0.4, -0.2) is 56.1 Å². The molecule has 4 heterocycles. The Morgan fingerprint density at radius 1 is 1.16 bits per heavy atom. The molecule has 2 atom stereocenters. The Labute approximate surface area is 185 Å². The highest BCUT2D eigenvalue weighted by atomic mass is 32.1. The van der Waals surface area contributed by atoms with Crippen molar-refractivity contribution in [2.24, 2.45) is 5.92 Å². The van der Waals surface area contributed by atoms with Crippen molar-refractivity contribution < 1.29 is 19.1 Å². The number of benzene rings is 1. The largest absolute Gasteiger partial charge is 0.486 e. The van der Waals surface area contributed by atoms with E-state index in [0.29, 0.717) is 37.8 Å². The van der Waals surface area contributed by atoms with E-state index in [-0.39, 0.29) is 30.2 Å². The van der Waals surface area contributed by atoms with E-state index < -0.39 is 0 Å². The molecule has 2 amide bonds. The van der Waals surface area contributed by atoms with Gasteiger partial charge in [-0.05, 0) is 49.5 Å². The lowest BCUT2D eigenvalue weighted by Crippen LogP contribution is -2.39. The van der Waals surface area contributed by atoms with E-state index in [0.717, 1.165) is 18.8 Å². The molecule has 0 aliphatic carbocycles. The van der Waals surface area contributed by atoms with Crippen LogP contribution in [0.4, 0.5) is 5.69 Å². The Morgan fingerprint density at radius 2 is 1.97 bits per heavy atom. The van der Waals surface area contributed by atoms with Crippen molar-refractivity contribution in [1.82, 2.24) is 10.2 Å². The molecule has 1 aromatic heterocycles. The highest BCUT2D eigenvalue weighted by Crippen LogP contribution is 2.36. The van der Waals surface area contributed by atoms with Gasteiger partial charge in [0.25, 0.3) is 0 Å². The number of fused-ring (bicyclic) bond motifs is 1. The fraction of sp³-hybridized carbons (Fsp3) is 0.478. The summed E-state index contributed by atoms with van der Waals surface area (Å²) in [5.74, 6) is 0.912. The fourth-order valence-electron chi connectivity index (χ4n) is 4.62. The van der Waals surface area contributed by atoms with Gasteiger partial charge in [0.2, 0.25) is 11.8 Å². The maximum Gasteiger partial charge on any atom is 0.227 e. The minimum Gasteiger partial charge on any atom is -0.486 e. The van der Waals surface area contributed by atoms with Gasteiger partial charge >= 0.3 is 0 Å². The van der Waals surface area contributed by atoms with Gasteiger partial charge in [0.1, 0.15) is 13.2 Å². The molecule has 0 radical (unpaired) electrons. The zero-order valence-electron chi connectivity index (χ0n) is 17.4. The first kappa shape index (κ1) is 20.3. The highest BCUT2D eigenvalue weighted by molar-refractivity contribution is 7.10. The minimum absolute atomic E-state index is 0.0359. The number of thiophene rings is 1. The summed E-state index contributed by atoms with van der Waals surface area (Å²) in [6.45, 7) is 4.13. The lowest BCUT2D eigenvalue weighted by Gasteiger charge is -2.27. The Balaban J connectivity index is 1.23. The van der Waals surface area contributed by atoms with Gasteiger partial charge in [-0.2, -0.15) is 0 Å². The van der Waals surface area contributed by atoms with Crippen LogP contribution < -0.4 is 19.7 Å². The van der Waals surface area contributed by atoms with Gasteiger partial charge in [0, 0.05) is 36.1 Å². The molecule has 7 nitrogen and oxygen atoms in total. The molecule has 31 heavy (non-hydrogen) atoms. The second kappa shape index (κ2) is 8.88. The number of nitrogens with zero attached hydrogens (tertiary/aromatic N) is 2. The number of nitrogens with one attached hydrogen (secondary N) is 1. The van der Waals surface area contributed by atoms with Crippen molar-refractivity contribution in [2.45, 2.75) is 25.3 Å². The van der Waals surface area contributed by atoms with E-state index in [4.69, 9.17) is 9.47 Å². The fourth-order valence-corrected chi connectivity index (χ4v) is 5.48. The molecular formula is C23H27N3O4S. The van der Waals surface area contributed by atoms with Gasteiger partial charge in [-0.3, -0.25) is 14.5 Å². The Kier molecular flexibility index (Phi) is 5.82.